The maximum Gasteiger partial charge on any atom is 0.151 e. The van der Waals surface area contributed by atoms with Crippen molar-refractivity contribution in [1.82, 2.24) is 9.80 Å². The van der Waals surface area contributed by atoms with Gasteiger partial charge in [-0.05, 0) is 51.7 Å². The second kappa shape index (κ2) is 5.10. The van der Waals surface area contributed by atoms with Crippen LogP contribution < -0.4 is 0 Å². The van der Waals surface area contributed by atoms with Gasteiger partial charge in [0.15, 0.2) is 9.84 Å². The van der Waals surface area contributed by atoms with Crippen LogP contribution in [0.3, 0.4) is 0 Å². The van der Waals surface area contributed by atoms with Crippen LogP contribution in [0.2, 0.25) is 0 Å². The summed E-state index contributed by atoms with van der Waals surface area (Å²) in [4.78, 5) is 5.09. The van der Waals surface area contributed by atoms with Crippen molar-refractivity contribution in [2.75, 3.05) is 37.7 Å². The van der Waals surface area contributed by atoms with Crippen molar-refractivity contribution in [3.8, 4) is 0 Å². The van der Waals surface area contributed by atoms with Crippen molar-refractivity contribution in [3.05, 3.63) is 0 Å². The quantitative estimate of drug-likeness (QED) is 0.706. The van der Waals surface area contributed by atoms with Gasteiger partial charge in [0, 0.05) is 18.6 Å². The summed E-state index contributed by atoms with van der Waals surface area (Å²) in [5.41, 5.74) is 0. The number of hydrogen-bond donors (Lipinski definition) is 0. The number of rotatable bonds is 1. The Morgan fingerprint density at radius 2 is 1.56 bits per heavy atom. The van der Waals surface area contributed by atoms with Crippen LogP contribution in [0.4, 0.5) is 0 Å². The first kappa shape index (κ1) is 12.9. The van der Waals surface area contributed by atoms with Crippen molar-refractivity contribution in [2.24, 2.45) is 0 Å². The lowest BCUT2D eigenvalue weighted by molar-refractivity contribution is 0.173. The predicted molar refractivity (Wildman–Crippen MR) is 72.5 cm³/mol. The molecule has 104 valence electrons. The lowest BCUT2D eigenvalue weighted by atomic mass is 10.1. The smallest absolute Gasteiger partial charge is 0.151 e. The first-order chi connectivity index (χ1) is 8.64. The third kappa shape index (κ3) is 2.73. The fourth-order valence-electron chi connectivity index (χ4n) is 3.85. The fourth-order valence-corrected chi connectivity index (χ4v) is 5.59. The Balaban J connectivity index is 1.67. The molecule has 0 aliphatic carbocycles. The first-order valence-corrected chi connectivity index (χ1v) is 9.15. The van der Waals surface area contributed by atoms with Gasteiger partial charge >= 0.3 is 0 Å². The van der Waals surface area contributed by atoms with Crippen LogP contribution in [0.5, 0.6) is 0 Å². The molecule has 0 N–H and O–H groups in total. The normalized spacial score (nSPS) is 38.2. The van der Waals surface area contributed by atoms with Gasteiger partial charge in [0.05, 0.1) is 11.5 Å². The molecule has 0 aromatic carbocycles. The fraction of sp³-hybridized carbons (Fsp3) is 1.00. The SMILES string of the molecule is O=S1(=O)CCCC(N2CCCN3CCCC3C2)C1. The van der Waals surface area contributed by atoms with Crippen molar-refractivity contribution in [3.63, 3.8) is 0 Å². The molecule has 3 fully saturated rings. The summed E-state index contributed by atoms with van der Waals surface area (Å²) in [5.74, 6) is 0.812. The molecule has 3 heterocycles. The molecule has 5 heteroatoms. The maximum atomic E-state index is 11.8. The van der Waals surface area contributed by atoms with Gasteiger partial charge in [0.2, 0.25) is 0 Å². The minimum atomic E-state index is -2.77. The summed E-state index contributed by atoms with van der Waals surface area (Å²) < 4.78 is 23.6. The van der Waals surface area contributed by atoms with E-state index in [-0.39, 0.29) is 0 Å². The predicted octanol–water partition coefficient (Wildman–Crippen LogP) is 0.734. The van der Waals surface area contributed by atoms with E-state index in [1.54, 1.807) is 0 Å². The maximum absolute atomic E-state index is 11.8. The third-order valence-corrected chi connectivity index (χ3v) is 6.59. The van der Waals surface area contributed by atoms with Crippen molar-refractivity contribution in [1.29, 1.82) is 0 Å². The van der Waals surface area contributed by atoms with Gasteiger partial charge in [-0.15, -0.1) is 0 Å². The summed E-state index contributed by atoms with van der Waals surface area (Å²) in [6.07, 6.45) is 5.76. The van der Waals surface area contributed by atoms with Crippen LogP contribution in [0.1, 0.15) is 32.1 Å². The van der Waals surface area contributed by atoms with E-state index in [0.29, 0.717) is 23.6 Å². The Labute approximate surface area is 110 Å². The molecule has 0 amide bonds. The molecule has 0 spiro atoms. The highest BCUT2D eigenvalue weighted by Gasteiger charge is 2.34. The summed E-state index contributed by atoms with van der Waals surface area (Å²) >= 11 is 0. The zero-order valence-electron chi connectivity index (χ0n) is 11.1. The van der Waals surface area contributed by atoms with Gasteiger partial charge in [0.25, 0.3) is 0 Å². The standard InChI is InChI=1S/C13H24N2O2S/c16-18(17)9-2-5-13(11-18)15-8-3-7-14-6-1-4-12(14)10-15/h12-13H,1-11H2. The molecule has 0 aromatic heterocycles. The number of hydrogen-bond acceptors (Lipinski definition) is 4. The Bertz CT molecular complexity index is 396. The van der Waals surface area contributed by atoms with E-state index in [9.17, 15) is 8.42 Å². The molecule has 2 atom stereocenters. The molecule has 18 heavy (non-hydrogen) atoms. The first-order valence-electron chi connectivity index (χ1n) is 7.32. The lowest BCUT2D eigenvalue weighted by Gasteiger charge is -2.34. The molecule has 0 bridgehead atoms. The molecule has 0 saturated carbocycles. The van der Waals surface area contributed by atoms with Crippen LogP contribution in [0, 0.1) is 0 Å². The number of nitrogens with zero attached hydrogens (tertiary/aromatic N) is 2. The minimum absolute atomic E-state index is 0.296. The number of sulfone groups is 1. The van der Waals surface area contributed by atoms with Crippen LogP contribution in [0.25, 0.3) is 0 Å². The van der Waals surface area contributed by atoms with E-state index in [0.717, 1.165) is 25.9 Å². The van der Waals surface area contributed by atoms with E-state index in [2.05, 4.69) is 9.80 Å². The van der Waals surface area contributed by atoms with Crippen LogP contribution in [0.15, 0.2) is 0 Å². The van der Waals surface area contributed by atoms with E-state index in [1.165, 1.54) is 32.4 Å². The highest BCUT2D eigenvalue weighted by Crippen LogP contribution is 2.25. The van der Waals surface area contributed by atoms with E-state index < -0.39 is 9.84 Å². The molecule has 4 nitrogen and oxygen atoms in total. The molecule has 0 radical (unpaired) electrons. The van der Waals surface area contributed by atoms with Crippen molar-refractivity contribution in [2.45, 2.75) is 44.2 Å². The average Bonchev–Trinajstić information content (AvgIpc) is 2.65. The van der Waals surface area contributed by atoms with E-state index in [4.69, 9.17) is 0 Å². The van der Waals surface area contributed by atoms with Gasteiger partial charge in [-0.3, -0.25) is 9.80 Å². The van der Waals surface area contributed by atoms with Crippen LogP contribution in [-0.2, 0) is 9.84 Å². The third-order valence-electron chi connectivity index (χ3n) is 4.79. The molecule has 0 aromatic rings. The molecule has 3 aliphatic rings. The van der Waals surface area contributed by atoms with Crippen molar-refractivity contribution >= 4 is 9.84 Å². The monoisotopic (exact) mass is 272 g/mol. The highest BCUT2D eigenvalue weighted by atomic mass is 32.2. The highest BCUT2D eigenvalue weighted by molar-refractivity contribution is 7.91. The molecule has 2 unspecified atom stereocenters. The number of fused-ring (bicyclic) bond motifs is 1. The van der Waals surface area contributed by atoms with Crippen LogP contribution >= 0.6 is 0 Å². The summed E-state index contributed by atoms with van der Waals surface area (Å²) in [6.45, 7) is 4.65. The van der Waals surface area contributed by atoms with Gasteiger partial charge in [-0.1, -0.05) is 0 Å². The van der Waals surface area contributed by atoms with Crippen LogP contribution in [-0.4, -0.2) is 68.0 Å². The van der Waals surface area contributed by atoms with Gasteiger partial charge in [0.1, 0.15) is 0 Å². The lowest BCUT2D eigenvalue weighted by Crippen LogP contribution is -2.47. The Morgan fingerprint density at radius 1 is 0.833 bits per heavy atom. The summed E-state index contributed by atoms with van der Waals surface area (Å²) in [5, 5.41) is 0. The minimum Gasteiger partial charge on any atom is -0.299 e. The average molecular weight is 272 g/mol. The molecular formula is C13H24N2O2S. The summed E-state index contributed by atoms with van der Waals surface area (Å²) in [6, 6.07) is 0.987. The van der Waals surface area contributed by atoms with E-state index in [1.807, 2.05) is 0 Å². The zero-order chi connectivity index (χ0) is 12.6. The molecule has 3 saturated heterocycles. The van der Waals surface area contributed by atoms with Gasteiger partial charge in [-0.25, -0.2) is 8.42 Å². The Hall–Kier alpha value is -0.130. The van der Waals surface area contributed by atoms with Gasteiger partial charge in [-0.2, -0.15) is 0 Å². The summed E-state index contributed by atoms with van der Waals surface area (Å²) in [7, 11) is -2.77. The second-order valence-electron chi connectivity index (χ2n) is 6.09. The topological polar surface area (TPSA) is 40.6 Å². The molecule has 3 rings (SSSR count). The zero-order valence-corrected chi connectivity index (χ0v) is 11.9. The Kier molecular flexibility index (Phi) is 3.65. The van der Waals surface area contributed by atoms with E-state index >= 15 is 0 Å². The second-order valence-corrected chi connectivity index (χ2v) is 8.32. The molecule has 3 aliphatic heterocycles. The molecular weight excluding hydrogens is 248 g/mol. The van der Waals surface area contributed by atoms with Crippen molar-refractivity contribution < 1.29 is 8.42 Å². The Morgan fingerprint density at radius 3 is 2.39 bits per heavy atom. The van der Waals surface area contributed by atoms with Gasteiger partial charge < -0.3 is 0 Å². The largest absolute Gasteiger partial charge is 0.299 e.